The molecule has 7 heteroatoms. The number of nitrogens with one attached hydrogen (secondary N) is 2. The number of nitrogens with zero attached hydrogens (tertiary/aromatic N) is 2. The number of ether oxygens (including phenoxy) is 2. The largest absolute Gasteiger partial charge is 0.497 e. The van der Waals surface area contributed by atoms with E-state index < -0.39 is 0 Å². The highest BCUT2D eigenvalue weighted by atomic mass is 16.5. The number of amides is 1. The van der Waals surface area contributed by atoms with Gasteiger partial charge in [-0.3, -0.25) is 4.79 Å². The molecule has 1 aromatic heterocycles. The zero-order chi connectivity index (χ0) is 17.5. The number of carbonyl (C=O) groups excluding carboxylic acids is 1. The lowest BCUT2D eigenvalue weighted by atomic mass is 10.2. The second-order valence-corrected chi connectivity index (χ2v) is 5.59. The van der Waals surface area contributed by atoms with Gasteiger partial charge in [-0.15, -0.1) is 0 Å². The summed E-state index contributed by atoms with van der Waals surface area (Å²) in [5.41, 5.74) is 1.12. The van der Waals surface area contributed by atoms with E-state index in [-0.39, 0.29) is 5.91 Å². The number of anilines is 2. The quantitative estimate of drug-likeness (QED) is 0.812. The van der Waals surface area contributed by atoms with Gasteiger partial charge in [0, 0.05) is 25.0 Å². The number of rotatable bonds is 7. The first-order valence-electron chi connectivity index (χ1n) is 7.62. The van der Waals surface area contributed by atoms with E-state index in [0.717, 1.165) is 0 Å². The Morgan fingerprint density at radius 1 is 1.17 bits per heavy atom. The molecule has 2 aromatic rings. The molecule has 0 atom stereocenters. The molecule has 0 saturated heterocycles. The van der Waals surface area contributed by atoms with Gasteiger partial charge in [0.2, 0.25) is 5.95 Å². The summed E-state index contributed by atoms with van der Waals surface area (Å²) < 4.78 is 10.5. The summed E-state index contributed by atoms with van der Waals surface area (Å²) in [6.45, 7) is 4.68. The van der Waals surface area contributed by atoms with Crippen molar-refractivity contribution in [2.75, 3.05) is 26.1 Å². The molecule has 0 bridgehead atoms. The van der Waals surface area contributed by atoms with Gasteiger partial charge in [-0.2, -0.15) is 0 Å². The molecular formula is C17H22N4O3. The third-order valence-corrected chi connectivity index (χ3v) is 3.24. The highest BCUT2D eigenvalue weighted by Crippen LogP contribution is 2.30. The van der Waals surface area contributed by atoms with Crippen molar-refractivity contribution in [3.63, 3.8) is 0 Å². The van der Waals surface area contributed by atoms with Crippen molar-refractivity contribution in [1.82, 2.24) is 15.3 Å². The Morgan fingerprint density at radius 2 is 1.88 bits per heavy atom. The molecule has 2 rings (SSSR count). The molecule has 0 aliphatic rings. The highest BCUT2D eigenvalue weighted by molar-refractivity contribution is 5.93. The van der Waals surface area contributed by atoms with Gasteiger partial charge in [-0.05, 0) is 18.1 Å². The summed E-state index contributed by atoms with van der Waals surface area (Å²) in [5.74, 6) is 1.88. The number of benzene rings is 1. The van der Waals surface area contributed by atoms with E-state index >= 15 is 0 Å². The van der Waals surface area contributed by atoms with E-state index in [1.165, 1.54) is 12.4 Å². The summed E-state index contributed by atoms with van der Waals surface area (Å²) in [6, 6.07) is 5.37. The van der Waals surface area contributed by atoms with Gasteiger partial charge in [0.25, 0.3) is 5.91 Å². The third-order valence-electron chi connectivity index (χ3n) is 3.24. The zero-order valence-corrected chi connectivity index (χ0v) is 14.3. The fourth-order valence-corrected chi connectivity index (χ4v) is 1.93. The lowest BCUT2D eigenvalue weighted by Gasteiger charge is -2.11. The normalized spacial score (nSPS) is 10.4. The van der Waals surface area contributed by atoms with Crippen molar-refractivity contribution in [2.45, 2.75) is 13.8 Å². The van der Waals surface area contributed by atoms with E-state index in [1.54, 1.807) is 26.4 Å². The van der Waals surface area contributed by atoms with Crippen molar-refractivity contribution in [3.05, 3.63) is 36.2 Å². The van der Waals surface area contributed by atoms with Gasteiger partial charge in [0.15, 0.2) is 0 Å². The SMILES string of the molecule is COc1ccc(Nc2ncc(C(=O)NCC(C)C)cn2)c(OC)c1. The molecule has 0 radical (unpaired) electrons. The predicted molar refractivity (Wildman–Crippen MR) is 92.0 cm³/mol. The van der Waals surface area contributed by atoms with Crippen LogP contribution in [0.15, 0.2) is 30.6 Å². The average Bonchev–Trinajstić information content (AvgIpc) is 2.60. The van der Waals surface area contributed by atoms with E-state index in [2.05, 4.69) is 20.6 Å². The lowest BCUT2D eigenvalue weighted by molar-refractivity contribution is 0.0948. The van der Waals surface area contributed by atoms with Crippen LogP contribution in [0.4, 0.5) is 11.6 Å². The van der Waals surface area contributed by atoms with Crippen LogP contribution >= 0.6 is 0 Å². The van der Waals surface area contributed by atoms with Gasteiger partial charge in [-0.25, -0.2) is 9.97 Å². The summed E-state index contributed by atoms with van der Waals surface area (Å²) in [4.78, 5) is 20.3. The van der Waals surface area contributed by atoms with Crippen molar-refractivity contribution < 1.29 is 14.3 Å². The Morgan fingerprint density at radius 3 is 2.46 bits per heavy atom. The Labute approximate surface area is 141 Å². The van der Waals surface area contributed by atoms with Crippen molar-refractivity contribution >= 4 is 17.5 Å². The van der Waals surface area contributed by atoms with Crippen LogP contribution in [-0.4, -0.2) is 36.6 Å². The molecule has 0 fully saturated rings. The molecule has 24 heavy (non-hydrogen) atoms. The van der Waals surface area contributed by atoms with Crippen molar-refractivity contribution in [3.8, 4) is 11.5 Å². The van der Waals surface area contributed by atoms with Crippen molar-refractivity contribution in [1.29, 1.82) is 0 Å². The fraction of sp³-hybridized carbons (Fsp3) is 0.353. The van der Waals surface area contributed by atoms with Crippen molar-refractivity contribution in [2.24, 2.45) is 5.92 Å². The maximum absolute atomic E-state index is 11.9. The molecule has 1 amide bonds. The van der Waals surface area contributed by atoms with E-state index in [1.807, 2.05) is 19.9 Å². The predicted octanol–water partition coefficient (Wildman–Crippen LogP) is 2.62. The molecule has 128 valence electrons. The monoisotopic (exact) mass is 330 g/mol. The molecule has 0 aliphatic heterocycles. The average molecular weight is 330 g/mol. The molecule has 1 aromatic carbocycles. The van der Waals surface area contributed by atoms with E-state index in [4.69, 9.17) is 9.47 Å². The highest BCUT2D eigenvalue weighted by Gasteiger charge is 2.10. The van der Waals surface area contributed by atoms with Crippen LogP contribution in [0.3, 0.4) is 0 Å². The maximum atomic E-state index is 11.9. The molecule has 1 heterocycles. The van der Waals surface area contributed by atoms with Gasteiger partial charge < -0.3 is 20.1 Å². The van der Waals surface area contributed by atoms with Crippen LogP contribution in [0.5, 0.6) is 11.5 Å². The Kier molecular flexibility index (Phi) is 5.95. The first-order chi connectivity index (χ1) is 11.5. The zero-order valence-electron chi connectivity index (χ0n) is 14.3. The van der Waals surface area contributed by atoms with Gasteiger partial charge >= 0.3 is 0 Å². The molecule has 0 unspecified atom stereocenters. The van der Waals surface area contributed by atoms with Crippen LogP contribution in [-0.2, 0) is 0 Å². The minimum Gasteiger partial charge on any atom is -0.497 e. The number of hydrogen-bond donors (Lipinski definition) is 2. The second kappa shape index (κ2) is 8.14. The van der Waals surface area contributed by atoms with E-state index in [9.17, 15) is 4.79 Å². The minimum absolute atomic E-state index is 0.183. The molecule has 0 spiro atoms. The second-order valence-electron chi connectivity index (χ2n) is 5.59. The van der Waals surface area contributed by atoms with Crippen LogP contribution in [0.2, 0.25) is 0 Å². The standard InChI is InChI=1S/C17H22N4O3/c1-11(2)8-18-16(22)12-9-19-17(20-10-12)21-14-6-5-13(23-3)7-15(14)24-4/h5-7,9-11H,8H2,1-4H3,(H,18,22)(H,19,20,21). The first kappa shape index (κ1) is 17.5. The van der Waals surface area contributed by atoms with Gasteiger partial charge in [-0.1, -0.05) is 13.8 Å². The fourth-order valence-electron chi connectivity index (χ4n) is 1.93. The van der Waals surface area contributed by atoms with Gasteiger partial charge in [0.05, 0.1) is 25.5 Å². The smallest absolute Gasteiger partial charge is 0.254 e. The minimum atomic E-state index is -0.183. The number of methoxy groups -OCH3 is 2. The Bertz CT molecular complexity index is 687. The Hall–Kier alpha value is -2.83. The van der Waals surface area contributed by atoms with Crippen LogP contribution in [0.1, 0.15) is 24.2 Å². The maximum Gasteiger partial charge on any atom is 0.254 e. The molecule has 7 nitrogen and oxygen atoms in total. The van der Waals surface area contributed by atoms with Gasteiger partial charge in [0.1, 0.15) is 11.5 Å². The summed E-state index contributed by atoms with van der Waals surface area (Å²) >= 11 is 0. The topological polar surface area (TPSA) is 85.4 Å². The number of hydrogen-bond acceptors (Lipinski definition) is 6. The summed E-state index contributed by atoms with van der Waals surface area (Å²) in [6.07, 6.45) is 2.97. The Balaban J connectivity index is 2.08. The number of aromatic nitrogens is 2. The van der Waals surface area contributed by atoms with E-state index in [0.29, 0.717) is 41.2 Å². The first-order valence-corrected chi connectivity index (χ1v) is 7.62. The number of carbonyl (C=O) groups is 1. The van der Waals surface area contributed by atoms with Crippen LogP contribution in [0, 0.1) is 5.92 Å². The van der Waals surface area contributed by atoms with Crippen LogP contribution < -0.4 is 20.1 Å². The molecule has 0 saturated carbocycles. The molecule has 2 N–H and O–H groups in total. The summed E-state index contributed by atoms with van der Waals surface area (Å²) in [7, 11) is 3.16. The molecule has 0 aliphatic carbocycles. The molecular weight excluding hydrogens is 308 g/mol. The van der Waals surface area contributed by atoms with Crippen LogP contribution in [0.25, 0.3) is 0 Å². The summed E-state index contributed by atoms with van der Waals surface area (Å²) in [5, 5.41) is 5.88. The lowest BCUT2D eigenvalue weighted by Crippen LogP contribution is -2.27. The third kappa shape index (κ3) is 4.58.